The number of allylic oxidation sites excluding steroid dienone is 6. The number of ether oxygens (including phenoxy) is 2. The molecular formula is C43H77O13P. The minimum absolute atomic E-state index is 0.0860. The van der Waals surface area contributed by atoms with E-state index < -0.39 is 75.7 Å². The van der Waals surface area contributed by atoms with Gasteiger partial charge in [-0.1, -0.05) is 127 Å². The van der Waals surface area contributed by atoms with Crippen LogP contribution in [0.4, 0.5) is 0 Å². The van der Waals surface area contributed by atoms with Crippen molar-refractivity contribution in [2.24, 2.45) is 0 Å². The van der Waals surface area contributed by atoms with Gasteiger partial charge in [-0.15, -0.1) is 0 Å². The summed E-state index contributed by atoms with van der Waals surface area (Å²) in [6.45, 7) is 3.19. The molecule has 1 aliphatic rings. The van der Waals surface area contributed by atoms with E-state index >= 15 is 0 Å². The van der Waals surface area contributed by atoms with Crippen LogP contribution in [0, 0.1) is 0 Å². The standard InChI is InChI=1S/C43H77O13P/c1-3-5-7-9-11-13-15-16-17-18-19-20-21-22-24-26-28-30-32-37(45)55-35(33-53-36(44)31-29-27-25-23-14-12-10-8-6-4-2)34-54-57(51,52)56-43-41(49)39(47)38(46)40(48)42(43)50/h8,10,13,15,17-18,35,38-43,46-50H,3-7,9,11-12,14,16,19-34H2,1-2H3,(H,51,52)/b10-8-,15-13-,18-17-. The van der Waals surface area contributed by atoms with E-state index in [9.17, 15) is 44.6 Å². The predicted octanol–water partition coefficient (Wildman–Crippen LogP) is 7.83. The summed E-state index contributed by atoms with van der Waals surface area (Å²) in [6.07, 6.45) is 23.6. The molecule has 0 bridgehead atoms. The molecule has 1 fully saturated rings. The first-order valence-electron chi connectivity index (χ1n) is 21.8. The van der Waals surface area contributed by atoms with E-state index in [4.69, 9.17) is 18.5 Å². The van der Waals surface area contributed by atoms with Crippen LogP contribution in [-0.2, 0) is 32.7 Å². The van der Waals surface area contributed by atoms with Gasteiger partial charge in [-0.25, -0.2) is 4.57 Å². The lowest BCUT2D eigenvalue weighted by atomic mass is 9.85. The van der Waals surface area contributed by atoms with Gasteiger partial charge in [0.05, 0.1) is 6.61 Å². The first-order chi connectivity index (χ1) is 27.4. The molecule has 1 aliphatic carbocycles. The molecule has 6 N–H and O–H groups in total. The van der Waals surface area contributed by atoms with Gasteiger partial charge in [0.1, 0.15) is 43.2 Å². The first kappa shape index (κ1) is 53.1. The molecule has 0 aliphatic heterocycles. The van der Waals surface area contributed by atoms with Crippen LogP contribution in [0.2, 0.25) is 0 Å². The minimum atomic E-state index is -5.12. The second-order valence-corrected chi connectivity index (χ2v) is 16.6. The number of unbranched alkanes of at least 4 members (excludes halogenated alkanes) is 17. The van der Waals surface area contributed by atoms with E-state index in [2.05, 4.69) is 50.3 Å². The molecule has 0 saturated heterocycles. The van der Waals surface area contributed by atoms with Gasteiger partial charge in [-0.2, -0.15) is 0 Å². The van der Waals surface area contributed by atoms with Crippen LogP contribution in [0.5, 0.6) is 0 Å². The monoisotopic (exact) mass is 833 g/mol. The molecule has 0 spiro atoms. The summed E-state index contributed by atoms with van der Waals surface area (Å²) in [6, 6.07) is 0. The molecule has 1 rings (SSSR count). The molecule has 332 valence electrons. The molecule has 0 radical (unpaired) electrons. The maximum Gasteiger partial charge on any atom is 0.472 e. The summed E-state index contributed by atoms with van der Waals surface area (Å²) in [4.78, 5) is 35.5. The molecule has 14 heteroatoms. The SMILES string of the molecule is CCC/C=C\CCCCCCCC(=O)OCC(COP(=O)(O)OC1C(O)C(O)C(O)C(O)C1O)OC(=O)CCCCCCCCC/C=C\C/C=C\CCCCCC. The van der Waals surface area contributed by atoms with E-state index in [-0.39, 0.29) is 12.8 Å². The lowest BCUT2D eigenvalue weighted by Crippen LogP contribution is -2.64. The van der Waals surface area contributed by atoms with E-state index in [1.54, 1.807) is 0 Å². The summed E-state index contributed by atoms with van der Waals surface area (Å²) in [5.74, 6) is -1.12. The van der Waals surface area contributed by atoms with Gasteiger partial charge < -0.3 is 39.9 Å². The van der Waals surface area contributed by atoms with Gasteiger partial charge in [0.2, 0.25) is 0 Å². The zero-order valence-electron chi connectivity index (χ0n) is 34.9. The third kappa shape index (κ3) is 26.7. The molecule has 0 amide bonds. The highest BCUT2D eigenvalue weighted by Crippen LogP contribution is 2.47. The molecule has 57 heavy (non-hydrogen) atoms. The fraction of sp³-hybridized carbons (Fsp3) is 0.814. The Bertz CT molecular complexity index is 1150. The lowest BCUT2D eigenvalue weighted by Gasteiger charge is -2.41. The van der Waals surface area contributed by atoms with Crippen molar-refractivity contribution in [3.8, 4) is 0 Å². The molecule has 0 aromatic rings. The van der Waals surface area contributed by atoms with Crippen LogP contribution in [0.1, 0.15) is 168 Å². The van der Waals surface area contributed by atoms with Crippen LogP contribution < -0.4 is 0 Å². The topological polar surface area (TPSA) is 210 Å². The normalized spacial score (nSPS) is 23.0. The zero-order valence-corrected chi connectivity index (χ0v) is 35.8. The van der Waals surface area contributed by atoms with Gasteiger partial charge in [-0.3, -0.25) is 18.6 Å². The summed E-state index contributed by atoms with van der Waals surface area (Å²) in [7, 11) is -5.12. The summed E-state index contributed by atoms with van der Waals surface area (Å²) in [5.41, 5.74) is 0. The molecule has 1 saturated carbocycles. The number of hydrogen-bond donors (Lipinski definition) is 6. The first-order valence-corrected chi connectivity index (χ1v) is 23.3. The van der Waals surface area contributed by atoms with Gasteiger partial charge >= 0.3 is 19.8 Å². The largest absolute Gasteiger partial charge is 0.472 e. The lowest BCUT2D eigenvalue weighted by molar-refractivity contribution is -0.220. The van der Waals surface area contributed by atoms with Crippen molar-refractivity contribution in [1.82, 2.24) is 0 Å². The van der Waals surface area contributed by atoms with Crippen molar-refractivity contribution in [1.29, 1.82) is 0 Å². The second kappa shape index (κ2) is 33.9. The highest BCUT2D eigenvalue weighted by atomic mass is 31.2. The van der Waals surface area contributed by atoms with Crippen LogP contribution >= 0.6 is 7.82 Å². The molecule has 13 nitrogen and oxygen atoms in total. The Morgan fingerprint density at radius 2 is 0.982 bits per heavy atom. The maximum absolute atomic E-state index is 12.8. The third-order valence-corrected chi connectivity index (χ3v) is 10.9. The summed E-state index contributed by atoms with van der Waals surface area (Å²) in [5, 5.41) is 50.0. The van der Waals surface area contributed by atoms with Gasteiger partial charge in [-0.05, 0) is 64.2 Å². The number of rotatable bonds is 35. The summed E-state index contributed by atoms with van der Waals surface area (Å²) >= 11 is 0. The Hall–Kier alpha value is -1.93. The fourth-order valence-electron chi connectivity index (χ4n) is 6.38. The molecule has 0 heterocycles. The molecule has 0 aromatic carbocycles. The van der Waals surface area contributed by atoms with Gasteiger partial charge in [0.15, 0.2) is 6.10 Å². The Morgan fingerprint density at radius 1 is 0.544 bits per heavy atom. The quantitative estimate of drug-likeness (QED) is 0.0156. The molecular weight excluding hydrogens is 755 g/mol. The van der Waals surface area contributed by atoms with E-state index in [1.807, 2.05) is 0 Å². The number of phosphoric acid groups is 1. The number of esters is 2. The Labute approximate surface area is 342 Å². The number of hydrogen-bond acceptors (Lipinski definition) is 12. The van der Waals surface area contributed by atoms with Crippen molar-refractivity contribution in [2.75, 3.05) is 13.2 Å². The van der Waals surface area contributed by atoms with Crippen LogP contribution in [0.3, 0.4) is 0 Å². The number of carbonyl (C=O) groups is 2. The second-order valence-electron chi connectivity index (χ2n) is 15.2. The summed E-state index contributed by atoms with van der Waals surface area (Å²) < 4.78 is 33.4. The number of carbonyl (C=O) groups excluding carboxylic acids is 2. The van der Waals surface area contributed by atoms with Crippen LogP contribution in [0.25, 0.3) is 0 Å². The Morgan fingerprint density at radius 3 is 1.51 bits per heavy atom. The van der Waals surface area contributed by atoms with Crippen molar-refractivity contribution in [2.45, 2.75) is 211 Å². The highest BCUT2D eigenvalue weighted by Gasteiger charge is 2.51. The predicted molar refractivity (Wildman–Crippen MR) is 221 cm³/mol. The molecule has 6 unspecified atom stereocenters. The number of phosphoric ester groups is 1. The van der Waals surface area contributed by atoms with Gasteiger partial charge in [0, 0.05) is 12.8 Å². The van der Waals surface area contributed by atoms with E-state index in [0.717, 1.165) is 96.3 Å². The van der Waals surface area contributed by atoms with Crippen molar-refractivity contribution >= 4 is 19.8 Å². The average Bonchev–Trinajstić information content (AvgIpc) is 3.19. The zero-order chi connectivity index (χ0) is 42.2. The van der Waals surface area contributed by atoms with Gasteiger partial charge in [0.25, 0.3) is 0 Å². The van der Waals surface area contributed by atoms with Crippen LogP contribution in [-0.4, -0.2) is 98.3 Å². The third-order valence-electron chi connectivity index (χ3n) is 9.93. The van der Waals surface area contributed by atoms with Crippen molar-refractivity contribution in [3.05, 3.63) is 36.5 Å². The Kier molecular flexibility index (Phi) is 31.5. The van der Waals surface area contributed by atoms with Crippen LogP contribution in [0.15, 0.2) is 36.5 Å². The van der Waals surface area contributed by atoms with E-state index in [0.29, 0.717) is 12.8 Å². The van der Waals surface area contributed by atoms with E-state index in [1.165, 1.54) is 32.1 Å². The smallest absolute Gasteiger partial charge is 0.462 e. The number of aliphatic hydroxyl groups is 5. The molecule has 0 aromatic heterocycles. The fourth-order valence-corrected chi connectivity index (χ4v) is 7.35. The average molecular weight is 833 g/mol. The number of aliphatic hydroxyl groups excluding tert-OH is 5. The molecule has 6 atom stereocenters. The van der Waals surface area contributed by atoms with Crippen molar-refractivity contribution < 1.29 is 63.1 Å². The Balaban J connectivity index is 2.47. The highest BCUT2D eigenvalue weighted by molar-refractivity contribution is 7.47. The maximum atomic E-state index is 12.8. The van der Waals surface area contributed by atoms with Crippen molar-refractivity contribution in [3.63, 3.8) is 0 Å². The minimum Gasteiger partial charge on any atom is -0.462 e.